The van der Waals surface area contributed by atoms with Crippen molar-refractivity contribution in [1.29, 1.82) is 0 Å². The van der Waals surface area contributed by atoms with Crippen LogP contribution in [0.1, 0.15) is 141 Å². The zero-order valence-corrected chi connectivity index (χ0v) is 39.2. The Morgan fingerprint density at radius 2 is 1.13 bits per heavy atom. The molecule has 0 amide bonds. The summed E-state index contributed by atoms with van der Waals surface area (Å²) in [6, 6.07) is 50.9. The number of hydrogen-bond acceptors (Lipinski definition) is 3. The Kier molecular flexibility index (Phi) is 8.10. The lowest BCUT2D eigenvalue weighted by molar-refractivity contribution is 0.195. The van der Waals surface area contributed by atoms with Gasteiger partial charge < -0.3 is 14.7 Å². The summed E-state index contributed by atoms with van der Waals surface area (Å²) in [6.07, 6.45) is 9.69. The highest BCUT2D eigenvalue weighted by atomic mass is 15.3. The monoisotopic (exact) mass is 826 g/mol. The molecule has 0 bridgehead atoms. The molecule has 0 spiro atoms. The number of anilines is 7. The van der Waals surface area contributed by atoms with E-state index in [4.69, 9.17) is 0 Å². The molecule has 2 fully saturated rings. The van der Waals surface area contributed by atoms with Gasteiger partial charge in [-0.3, -0.25) is 0 Å². The lowest BCUT2D eigenvalue weighted by atomic mass is 9.33. The van der Waals surface area contributed by atoms with Crippen LogP contribution in [-0.4, -0.2) is 17.8 Å². The van der Waals surface area contributed by atoms with Crippen molar-refractivity contribution in [2.75, 3.05) is 14.7 Å². The molecule has 4 heteroatoms. The lowest BCUT2D eigenvalue weighted by Crippen LogP contribution is -2.65. The molecular weight excluding hydrogens is 761 g/mol. The van der Waals surface area contributed by atoms with Gasteiger partial charge in [0.05, 0.1) is 11.1 Å². The molecule has 63 heavy (non-hydrogen) atoms. The fourth-order valence-electron chi connectivity index (χ4n) is 14.4. The van der Waals surface area contributed by atoms with E-state index in [9.17, 15) is 0 Å². The van der Waals surface area contributed by atoms with E-state index in [1.54, 1.807) is 0 Å². The Hall–Kier alpha value is -5.22. The molecule has 0 saturated heterocycles. The summed E-state index contributed by atoms with van der Waals surface area (Å²) in [4.78, 5) is 8.47. The Labute approximate surface area is 377 Å². The molecule has 0 aromatic heterocycles. The second kappa shape index (κ2) is 13.0. The van der Waals surface area contributed by atoms with Crippen LogP contribution >= 0.6 is 0 Å². The molecule has 12 rings (SSSR count). The summed E-state index contributed by atoms with van der Waals surface area (Å²) in [5.41, 5.74) is 20.7. The standard InChI is InChI=1S/C59H64BN3/c1-54(2,3)40-23-19-24-42(35-40)61-49-36-41(55(4,5)6)29-30-46(49)60-47-27-20-26-45-53(47)63(58(9)33-17-18-34-59(45,58)39-21-11-10-12-22-39)51-38-43(37-50(61)52(51)60)62-48-28-14-13-25-44(48)56(7)31-15-16-32-57(56,62)8/h10-14,19-30,35-38H,15-18,31-34H2,1-9H3. The van der Waals surface area contributed by atoms with Gasteiger partial charge in [0.15, 0.2) is 0 Å². The number of benzene rings is 6. The third kappa shape index (κ3) is 4.99. The van der Waals surface area contributed by atoms with Crippen LogP contribution in [-0.2, 0) is 21.7 Å². The third-order valence-corrected chi connectivity index (χ3v) is 17.8. The van der Waals surface area contributed by atoms with Crippen molar-refractivity contribution in [3.05, 3.63) is 155 Å². The fourth-order valence-corrected chi connectivity index (χ4v) is 14.4. The minimum atomic E-state index is -0.165. The van der Waals surface area contributed by atoms with E-state index in [1.807, 2.05) is 0 Å². The van der Waals surface area contributed by atoms with Crippen molar-refractivity contribution >= 4 is 62.9 Å². The van der Waals surface area contributed by atoms with Crippen molar-refractivity contribution in [1.82, 2.24) is 0 Å². The largest absolute Gasteiger partial charge is 0.335 e. The highest BCUT2D eigenvalue weighted by Crippen LogP contribution is 2.66. The number of hydrogen-bond donors (Lipinski definition) is 0. The van der Waals surface area contributed by atoms with Gasteiger partial charge in [-0.25, -0.2) is 0 Å². The SMILES string of the molecule is CC(C)(C)c1cccc(N2c3cc(C(C)(C)C)ccc3B3c4cccc5c4N(c4cc(N6c7ccccc7C7(C)CCCCC67C)cc2c43)C2(C)CCCCC52c2ccccc2)c1. The van der Waals surface area contributed by atoms with Gasteiger partial charge in [0.25, 0.3) is 6.71 Å². The van der Waals surface area contributed by atoms with E-state index < -0.39 is 0 Å². The molecule has 6 aliphatic rings. The zero-order chi connectivity index (χ0) is 43.5. The summed E-state index contributed by atoms with van der Waals surface area (Å²) in [5.74, 6) is 0. The Morgan fingerprint density at radius 1 is 0.476 bits per heavy atom. The van der Waals surface area contributed by atoms with Crippen LogP contribution in [0.4, 0.5) is 39.8 Å². The molecule has 318 valence electrons. The van der Waals surface area contributed by atoms with Crippen LogP contribution in [0.3, 0.4) is 0 Å². The maximum atomic E-state index is 2.94. The summed E-state index contributed by atoms with van der Waals surface area (Å²) in [6.45, 7) is 22.1. The first-order valence-corrected chi connectivity index (χ1v) is 24.2. The molecule has 6 aromatic rings. The second-order valence-electron chi connectivity index (χ2n) is 23.0. The van der Waals surface area contributed by atoms with E-state index in [2.05, 4.69) is 204 Å². The van der Waals surface area contributed by atoms with Crippen molar-refractivity contribution in [2.45, 2.75) is 146 Å². The van der Waals surface area contributed by atoms with Crippen molar-refractivity contribution in [3.8, 4) is 0 Å². The molecule has 4 atom stereocenters. The fraction of sp³-hybridized carbons (Fsp3) is 0.390. The van der Waals surface area contributed by atoms with Crippen LogP contribution < -0.4 is 31.1 Å². The minimum Gasteiger partial charge on any atom is -0.335 e. The number of fused-ring (bicyclic) bond motifs is 10. The zero-order valence-electron chi connectivity index (χ0n) is 39.2. The maximum absolute atomic E-state index is 2.94. The number of nitrogens with zero attached hydrogens (tertiary/aromatic N) is 3. The predicted molar refractivity (Wildman–Crippen MR) is 269 cm³/mol. The molecular formula is C59H64BN3. The van der Waals surface area contributed by atoms with Gasteiger partial charge in [-0.2, -0.15) is 0 Å². The van der Waals surface area contributed by atoms with Crippen LogP contribution in [0.2, 0.25) is 0 Å². The molecule has 0 N–H and O–H groups in total. The van der Waals surface area contributed by atoms with E-state index in [-0.39, 0.29) is 39.5 Å². The van der Waals surface area contributed by atoms with E-state index in [1.165, 1.54) is 123 Å². The normalized spacial score (nSPS) is 26.4. The molecule has 4 heterocycles. The highest BCUT2D eigenvalue weighted by Gasteiger charge is 2.64. The summed E-state index contributed by atoms with van der Waals surface area (Å²) < 4.78 is 0. The Morgan fingerprint density at radius 3 is 1.90 bits per heavy atom. The van der Waals surface area contributed by atoms with Gasteiger partial charge in [0.1, 0.15) is 0 Å². The first-order valence-electron chi connectivity index (χ1n) is 24.2. The van der Waals surface area contributed by atoms with Crippen LogP contribution in [0.5, 0.6) is 0 Å². The molecule has 3 nitrogen and oxygen atoms in total. The van der Waals surface area contributed by atoms with E-state index in [0.29, 0.717) is 0 Å². The van der Waals surface area contributed by atoms with Gasteiger partial charge >= 0.3 is 0 Å². The van der Waals surface area contributed by atoms with Crippen LogP contribution in [0, 0.1) is 0 Å². The van der Waals surface area contributed by atoms with Gasteiger partial charge in [0, 0.05) is 50.6 Å². The Bertz CT molecular complexity index is 2870. The predicted octanol–water partition coefficient (Wildman–Crippen LogP) is 13.4. The first kappa shape index (κ1) is 39.4. The second-order valence-corrected chi connectivity index (χ2v) is 23.0. The van der Waals surface area contributed by atoms with Crippen molar-refractivity contribution in [2.24, 2.45) is 0 Å². The molecule has 4 aliphatic heterocycles. The summed E-state index contributed by atoms with van der Waals surface area (Å²) >= 11 is 0. The van der Waals surface area contributed by atoms with Crippen molar-refractivity contribution < 1.29 is 0 Å². The van der Waals surface area contributed by atoms with Crippen molar-refractivity contribution in [3.63, 3.8) is 0 Å². The van der Waals surface area contributed by atoms with Gasteiger partial charge in [-0.1, -0.05) is 165 Å². The quantitative estimate of drug-likeness (QED) is 0.164. The topological polar surface area (TPSA) is 9.72 Å². The van der Waals surface area contributed by atoms with E-state index in [0.717, 1.165) is 12.8 Å². The van der Waals surface area contributed by atoms with Crippen LogP contribution in [0.15, 0.2) is 127 Å². The summed E-state index contributed by atoms with van der Waals surface area (Å²) in [7, 11) is 0. The van der Waals surface area contributed by atoms with Gasteiger partial charge in [0.2, 0.25) is 0 Å². The highest BCUT2D eigenvalue weighted by molar-refractivity contribution is 7.00. The first-order chi connectivity index (χ1) is 30.1. The molecule has 0 radical (unpaired) electrons. The van der Waals surface area contributed by atoms with Gasteiger partial charge in [-0.05, 0) is 131 Å². The minimum absolute atomic E-state index is 0.00617. The maximum Gasteiger partial charge on any atom is 0.252 e. The average Bonchev–Trinajstić information content (AvgIpc) is 3.64. The molecule has 2 aliphatic carbocycles. The Balaban J connectivity index is 1.23. The molecule has 4 unspecified atom stereocenters. The number of rotatable bonds is 3. The summed E-state index contributed by atoms with van der Waals surface area (Å²) in [5, 5.41) is 0. The third-order valence-electron chi connectivity index (χ3n) is 17.8. The van der Waals surface area contributed by atoms with Gasteiger partial charge in [-0.15, -0.1) is 0 Å². The van der Waals surface area contributed by atoms with E-state index >= 15 is 0 Å². The molecule has 6 aromatic carbocycles. The van der Waals surface area contributed by atoms with Crippen LogP contribution in [0.25, 0.3) is 0 Å². The average molecular weight is 826 g/mol. The number of para-hydroxylation sites is 2. The molecule has 2 saturated carbocycles. The smallest absolute Gasteiger partial charge is 0.252 e. The lowest BCUT2D eigenvalue weighted by Gasteiger charge is -2.54.